The zero-order valence-electron chi connectivity index (χ0n) is 8.28. The zero-order valence-corrected chi connectivity index (χ0v) is 8.28. The predicted octanol–water partition coefficient (Wildman–Crippen LogP) is 0.750. The Morgan fingerprint density at radius 3 is 2.50 bits per heavy atom. The summed E-state index contributed by atoms with van der Waals surface area (Å²) in [5, 5.41) is 0. The fraction of sp³-hybridized carbons (Fsp3) is 0.400. The standard InChI is InChI=1S/C10H14N2O2/c1-6(2)9(13)8(11)10(14)7-4-3-5-12-7/h3-6,8,12H,11H2,1-2H3. The summed E-state index contributed by atoms with van der Waals surface area (Å²) >= 11 is 0. The van der Waals surface area contributed by atoms with Gasteiger partial charge < -0.3 is 10.7 Å². The van der Waals surface area contributed by atoms with Crippen LogP contribution in [0.25, 0.3) is 0 Å². The number of carbonyl (C=O) groups excluding carboxylic acids is 2. The van der Waals surface area contributed by atoms with Gasteiger partial charge in [-0.15, -0.1) is 0 Å². The first kappa shape index (κ1) is 10.7. The first-order valence-electron chi connectivity index (χ1n) is 4.51. The third-order valence-corrected chi connectivity index (χ3v) is 2.02. The van der Waals surface area contributed by atoms with Crippen LogP contribution in [0.4, 0.5) is 0 Å². The molecule has 76 valence electrons. The largest absolute Gasteiger partial charge is 0.359 e. The fourth-order valence-corrected chi connectivity index (χ4v) is 1.14. The maximum Gasteiger partial charge on any atom is 0.203 e. The topological polar surface area (TPSA) is 76.0 Å². The lowest BCUT2D eigenvalue weighted by atomic mass is 9.98. The van der Waals surface area contributed by atoms with Gasteiger partial charge in [0.25, 0.3) is 0 Å². The van der Waals surface area contributed by atoms with Crippen molar-refractivity contribution in [2.45, 2.75) is 19.9 Å². The van der Waals surface area contributed by atoms with Crippen molar-refractivity contribution in [3.05, 3.63) is 24.0 Å². The SMILES string of the molecule is CC(C)C(=O)C(N)C(=O)c1ccc[nH]1. The summed E-state index contributed by atoms with van der Waals surface area (Å²) in [5.41, 5.74) is 5.91. The smallest absolute Gasteiger partial charge is 0.203 e. The van der Waals surface area contributed by atoms with Crippen LogP contribution in [-0.4, -0.2) is 22.6 Å². The summed E-state index contributed by atoms with van der Waals surface area (Å²) in [5.74, 6) is -0.804. The second-order valence-electron chi connectivity index (χ2n) is 3.48. The van der Waals surface area contributed by atoms with Gasteiger partial charge in [0, 0.05) is 12.1 Å². The van der Waals surface area contributed by atoms with Crippen molar-refractivity contribution >= 4 is 11.6 Å². The Labute approximate surface area is 82.5 Å². The van der Waals surface area contributed by atoms with Crippen LogP contribution < -0.4 is 5.73 Å². The molecule has 14 heavy (non-hydrogen) atoms. The number of aromatic nitrogens is 1. The number of rotatable bonds is 4. The molecule has 0 amide bonds. The van der Waals surface area contributed by atoms with Crippen molar-refractivity contribution in [3.8, 4) is 0 Å². The summed E-state index contributed by atoms with van der Waals surface area (Å²) in [6.07, 6.45) is 1.62. The monoisotopic (exact) mass is 194 g/mol. The second-order valence-corrected chi connectivity index (χ2v) is 3.48. The number of nitrogens with one attached hydrogen (secondary N) is 1. The quantitative estimate of drug-likeness (QED) is 0.548. The highest BCUT2D eigenvalue weighted by atomic mass is 16.2. The van der Waals surface area contributed by atoms with Crippen LogP contribution in [0.15, 0.2) is 18.3 Å². The average Bonchev–Trinajstić information content (AvgIpc) is 2.67. The highest BCUT2D eigenvalue weighted by Gasteiger charge is 2.25. The van der Waals surface area contributed by atoms with Gasteiger partial charge in [0.05, 0.1) is 5.69 Å². The highest BCUT2D eigenvalue weighted by molar-refractivity contribution is 6.13. The Bertz CT molecular complexity index is 328. The van der Waals surface area contributed by atoms with Crippen LogP contribution in [0, 0.1) is 5.92 Å². The van der Waals surface area contributed by atoms with Crippen molar-refractivity contribution in [1.29, 1.82) is 0 Å². The summed E-state index contributed by atoms with van der Waals surface area (Å²) in [6.45, 7) is 3.45. The van der Waals surface area contributed by atoms with E-state index in [4.69, 9.17) is 5.73 Å². The molecule has 1 atom stereocenters. The van der Waals surface area contributed by atoms with E-state index in [9.17, 15) is 9.59 Å². The third kappa shape index (κ3) is 2.09. The van der Waals surface area contributed by atoms with Crippen LogP contribution in [0.5, 0.6) is 0 Å². The molecule has 0 bridgehead atoms. The van der Waals surface area contributed by atoms with Gasteiger partial charge in [0.15, 0.2) is 5.78 Å². The van der Waals surface area contributed by atoms with E-state index >= 15 is 0 Å². The van der Waals surface area contributed by atoms with Crippen LogP contribution in [-0.2, 0) is 4.79 Å². The van der Waals surface area contributed by atoms with Crippen LogP contribution >= 0.6 is 0 Å². The van der Waals surface area contributed by atoms with Gasteiger partial charge in [-0.1, -0.05) is 13.8 Å². The number of carbonyl (C=O) groups is 2. The summed E-state index contributed by atoms with van der Waals surface area (Å²) < 4.78 is 0. The molecule has 0 radical (unpaired) electrons. The molecule has 1 heterocycles. The van der Waals surface area contributed by atoms with E-state index in [-0.39, 0.29) is 17.5 Å². The molecule has 1 aromatic rings. The van der Waals surface area contributed by atoms with Gasteiger partial charge in [0.1, 0.15) is 6.04 Å². The number of aromatic amines is 1. The molecule has 4 nitrogen and oxygen atoms in total. The van der Waals surface area contributed by atoms with Crippen LogP contribution in [0.3, 0.4) is 0 Å². The number of hydrogen-bond donors (Lipinski definition) is 2. The second kappa shape index (κ2) is 4.19. The molecular formula is C10H14N2O2. The first-order chi connectivity index (χ1) is 6.54. The highest BCUT2D eigenvalue weighted by Crippen LogP contribution is 2.04. The van der Waals surface area contributed by atoms with E-state index in [2.05, 4.69) is 4.98 Å². The van der Waals surface area contributed by atoms with Gasteiger partial charge in [-0.2, -0.15) is 0 Å². The number of nitrogens with two attached hydrogens (primary N) is 1. The molecule has 0 spiro atoms. The Balaban J connectivity index is 2.76. The average molecular weight is 194 g/mol. The van der Waals surface area contributed by atoms with Crippen molar-refractivity contribution in [2.24, 2.45) is 11.7 Å². The Morgan fingerprint density at radius 1 is 1.43 bits per heavy atom. The van der Waals surface area contributed by atoms with E-state index in [0.717, 1.165) is 0 Å². The van der Waals surface area contributed by atoms with E-state index in [1.54, 1.807) is 32.2 Å². The van der Waals surface area contributed by atoms with Gasteiger partial charge in [0.2, 0.25) is 5.78 Å². The third-order valence-electron chi connectivity index (χ3n) is 2.02. The number of hydrogen-bond acceptors (Lipinski definition) is 3. The Kier molecular flexibility index (Phi) is 3.19. The number of H-pyrrole nitrogens is 1. The summed E-state index contributed by atoms with van der Waals surface area (Å²) in [4.78, 5) is 25.7. The Hall–Kier alpha value is -1.42. The lowest BCUT2D eigenvalue weighted by molar-refractivity contribution is -0.122. The molecular weight excluding hydrogens is 180 g/mol. The van der Waals surface area contributed by atoms with Crippen molar-refractivity contribution in [2.75, 3.05) is 0 Å². The van der Waals surface area contributed by atoms with E-state index in [1.165, 1.54) is 0 Å². The van der Waals surface area contributed by atoms with Gasteiger partial charge in [-0.05, 0) is 12.1 Å². The molecule has 1 aromatic heterocycles. The molecule has 1 rings (SSSR count). The molecule has 4 heteroatoms. The molecule has 0 saturated heterocycles. The first-order valence-corrected chi connectivity index (χ1v) is 4.51. The Morgan fingerprint density at radius 2 is 2.07 bits per heavy atom. The van der Waals surface area contributed by atoms with E-state index in [1.807, 2.05) is 0 Å². The van der Waals surface area contributed by atoms with E-state index in [0.29, 0.717) is 5.69 Å². The van der Waals surface area contributed by atoms with Crippen molar-refractivity contribution in [3.63, 3.8) is 0 Å². The maximum absolute atomic E-state index is 11.6. The molecule has 0 aromatic carbocycles. The molecule has 0 aliphatic carbocycles. The van der Waals surface area contributed by atoms with Crippen molar-refractivity contribution in [1.82, 2.24) is 4.98 Å². The minimum Gasteiger partial charge on any atom is -0.359 e. The van der Waals surface area contributed by atoms with Crippen molar-refractivity contribution < 1.29 is 9.59 Å². The van der Waals surface area contributed by atoms with Crippen LogP contribution in [0.2, 0.25) is 0 Å². The molecule has 0 aliphatic rings. The summed E-state index contributed by atoms with van der Waals surface area (Å²) in [7, 11) is 0. The number of Topliss-reactive ketones (excluding diaryl/α,β-unsaturated/α-hetero) is 2. The molecule has 0 aliphatic heterocycles. The van der Waals surface area contributed by atoms with Crippen LogP contribution in [0.1, 0.15) is 24.3 Å². The van der Waals surface area contributed by atoms with Gasteiger partial charge in [-0.3, -0.25) is 9.59 Å². The minimum atomic E-state index is -1.05. The molecule has 3 N–H and O–H groups in total. The zero-order chi connectivity index (χ0) is 10.7. The minimum absolute atomic E-state index is 0.219. The van der Waals surface area contributed by atoms with E-state index < -0.39 is 6.04 Å². The van der Waals surface area contributed by atoms with Gasteiger partial charge >= 0.3 is 0 Å². The molecule has 0 fully saturated rings. The predicted molar refractivity (Wildman–Crippen MR) is 52.9 cm³/mol. The normalized spacial score (nSPS) is 12.9. The molecule has 1 unspecified atom stereocenters. The molecule has 0 saturated carbocycles. The maximum atomic E-state index is 11.6. The van der Waals surface area contributed by atoms with Gasteiger partial charge in [-0.25, -0.2) is 0 Å². The number of ketones is 2. The lowest BCUT2D eigenvalue weighted by Crippen LogP contribution is -2.41. The fourth-order valence-electron chi connectivity index (χ4n) is 1.14. The lowest BCUT2D eigenvalue weighted by Gasteiger charge is -2.10. The summed E-state index contributed by atoms with van der Waals surface area (Å²) in [6, 6.07) is 2.25.